The molecule has 5 heteroatoms. The second kappa shape index (κ2) is 6.46. The summed E-state index contributed by atoms with van der Waals surface area (Å²) in [5.41, 5.74) is -0.155. The highest BCUT2D eigenvalue weighted by atomic mass is 19.1. The summed E-state index contributed by atoms with van der Waals surface area (Å²) >= 11 is 0. The monoisotopic (exact) mass is 306 g/mol. The summed E-state index contributed by atoms with van der Waals surface area (Å²) in [5.74, 6) is -0.845. The minimum Gasteiger partial charge on any atom is -0.351 e. The van der Waals surface area contributed by atoms with Crippen molar-refractivity contribution in [3.05, 3.63) is 35.6 Å². The van der Waals surface area contributed by atoms with E-state index >= 15 is 0 Å². The third kappa shape index (κ3) is 4.06. The minimum absolute atomic E-state index is 0.0329. The predicted molar refractivity (Wildman–Crippen MR) is 82.9 cm³/mol. The molecule has 1 aliphatic heterocycles. The summed E-state index contributed by atoms with van der Waals surface area (Å²) in [6, 6.07) is 6.00. The van der Waals surface area contributed by atoms with Gasteiger partial charge in [-0.05, 0) is 45.7 Å². The highest BCUT2D eigenvalue weighted by molar-refractivity contribution is 5.94. The number of hydrogen-bond donors (Lipinski definition) is 1. The van der Waals surface area contributed by atoms with Crippen LogP contribution in [0.3, 0.4) is 0 Å². The molecular weight excluding hydrogens is 283 g/mol. The second-order valence-corrected chi connectivity index (χ2v) is 6.79. The van der Waals surface area contributed by atoms with Gasteiger partial charge >= 0.3 is 0 Å². The summed E-state index contributed by atoms with van der Waals surface area (Å²) in [7, 11) is 0. The normalized spacial score (nSPS) is 16.5. The van der Waals surface area contributed by atoms with Crippen molar-refractivity contribution in [1.29, 1.82) is 0 Å². The Labute approximate surface area is 130 Å². The maximum atomic E-state index is 13.7. The van der Waals surface area contributed by atoms with E-state index in [0.29, 0.717) is 25.9 Å². The SMILES string of the molecule is CC(C)(C)NC(=O)C1CCN(C(=O)c2ccccc2F)CC1. The average Bonchev–Trinajstić information content (AvgIpc) is 2.45. The van der Waals surface area contributed by atoms with Gasteiger partial charge in [-0.3, -0.25) is 9.59 Å². The first-order chi connectivity index (χ1) is 10.3. The molecule has 0 aliphatic carbocycles. The van der Waals surface area contributed by atoms with Crippen LogP contribution >= 0.6 is 0 Å². The lowest BCUT2D eigenvalue weighted by molar-refractivity contribution is -0.127. The minimum atomic E-state index is -0.500. The van der Waals surface area contributed by atoms with Gasteiger partial charge in [-0.25, -0.2) is 4.39 Å². The molecule has 1 heterocycles. The first-order valence-corrected chi connectivity index (χ1v) is 7.64. The van der Waals surface area contributed by atoms with E-state index in [0.717, 1.165) is 0 Å². The molecule has 0 radical (unpaired) electrons. The molecule has 1 aliphatic rings. The predicted octanol–water partition coefficient (Wildman–Crippen LogP) is 2.59. The van der Waals surface area contributed by atoms with Crippen molar-refractivity contribution in [2.45, 2.75) is 39.2 Å². The van der Waals surface area contributed by atoms with Crippen molar-refractivity contribution in [3.8, 4) is 0 Å². The fraction of sp³-hybridized carbons (Fsp3) is 0.529. The van der Waals surface area contributed by atoms with E-state index in [1.165, 1.54) is 12.1 Å². The van der Waals surface area contributed by atoms with Crippen LogP contribution in [0.2, 0.25) is 0 Å². The number of amides is 2. The van der Waals surface area contributed by atoms with E-state index in [1.807, 2.05) is 20.8 Å². The second-order valence-electron chi connectivity index (χ2n) is 6.79. The van der Waals surface area contributed by atoms with E-state index < -0.39 is 5.82 Å². The van der Waals surface area contributed by atoms with Crippen molar-refractivity contribution < 1.29 is 14.0 Å². The van der Waals surface area contributed by atoms with Crippen LogP contribution in [-0.2, 0) is 4.79 Å². The van der Waals surface area contributed by atoms with Crippen LogP contribution in [-0.4, -0.2) is 35.3 Å². The van der Waals surface area contributed by atoms with Gasteiger partial charge in [-0.2, -0.15) is 0 Å². The number of hydrogen-bond acceptors (Lipinski definition) is 2. The van der Waals surface area contributed by atoms with Crippen molar-refractivity contribution in [3.63, 3.8) is 0 Å². The van der Waals surface area contributed by atoms with Gasteiger partial charge in [0.15, 0.2) is 0 Å². The largest absolute Gasteiger partial charge is 0.351 e. The van der Waals surface area contributed by atoms with Crippen molar-refractivity contribution in [2.75, 3.05) is 13.1 Å². The maximum Gasteiger partial charge on any atom is 0.256 e. The topological polar surface area (TPSA) is 49.4 Å². The van der Waals surface area contributed by atoms with Crippen molar-refractivity contribution in [1.82, 2.24) is 10.2 Å². The Morgan fingerprint density at radius 1 is 1.18 bits per heavy atom. The Hall–Kier alpha value is -1.91. The number of carbonyl (C=O) groups excluding carboxylic acids is 2. The van der Waals surface area contributed by atoms with Gasteiger partial charge in [0.1, 0.15) is 5.82 Å². The van der Waals surface area contributed by atoms with Crippen LogP contribution in [0.25, 0.3) is 0 Å². The molecule has 0 unspecified atom stereocenters. The number of nitrogens with one attached hydrogen (secondary N) is 1. The number of halogens is 1. The van der Waals surface area contributed by atoms with E-state index in [1.54, 1.807) is 17.0 Å². The fourth-order valence-electron chi connectivity index (χ4n) is 2.62. The maximum absolute atomic E-state index is 13.7. The van der Waals surface area contributed by atoms with Crippen LogP contribution in [0.5, 0.6) is 0 Å². The molecule has 1 aromatic rings. The lowest BCUT2D eigenvalue weighted by atomic mass is 9.94. The molecule has 1 fully saturated rings. The van der Waals surface area contributed by atoms with Gasteiger partial charge < -0.3 is 10.2 Å². The summed E-state index contributed by atoms with van der Waals surface area (Å²) in [6.07, 6.45) is 1.23. The Morgan fingerprint density at radius 3 is 2.32 bits per heavy atom. The highest BCUT2D eigenvalue weighted by Crippen LogP contribution is 2.21. The van der Waals surface area contributed by atoms with Crippen molar-refractivity contribution >= 4 is 11.8 Å². The molecule has 2 amide bonds. The smallest absolute Gasteiger partial charge is 0.256 e. The Bertz CT molecular complexity index is 558. The number of likely N-dealkylation sites (tertiary alicyclic amines) is 1. The van der Waals surface area contributed by atoms with Gasteiger partial charge in [-0.15, -0.1) is 0 Å². The standard InChI is InChI=1S/C17H23FN2O2/c1-17(2,3)19-15(21)12-8-10-20(11-9-12)16(22)13-6-4-5-7-14(13)18/h4-7,12H,8-11H2,1-3H3,(H,19,21). The van der Waals surface area contributed by atoms with Gasteiger partial charge in [0.05, 0.1) is 5.56 Å². The van der Waals surface area contributed by atoms with Gasteiger partial charge in [0, 0.05) is 24.5 Å². The van der Waals surface area contributed by atoms with Crippen molar-refractivity contribution in [2.24, 2.45) is 5.92 Å². The molecule has 1 aromatic carbocycles. The van der Waals surface area contributed by atoms with Crippen LogP contribution in [0, 0.1) is 11.7 Å². The molecule has 0 atom stereocenters. The van der Waals surface area contributed by atoms with E-state index in [2.05, 4.69) is 5.32 Å². The lowest BCUT2D eigenvalue weighted by Gasteiger charge is -2.33. The van der Waals surface area contributed by atoms with E-state index in [9.17, 15) is 14.0 Å². The molecular formula is C17H23FN2O2. The van der Waals surface area contributed by atoms with Gasteiger partial charge in [-0.1, -0.05) is 12.1 Å². The Balaban J connectivity index is 1.94. The number of carbonyl (C=O) groups is 2. The number of rotatable bonds is 2. The zero-order chi connectivity index (χ0) is 16.3. The quantitative estimate of drug-likeness (QED) is 0.913. The van der Waals surface area contributed by atoms with Crippen LogP contribution in [0.15, 0.2) is 24.3 Å². The third-order valence-electron chi connectivity index (χ3n) is 3.76. The first kappa shape index (κ1) is 16.5. The fourth-order valence-corrected chi connectivity index (χ4v) is 2.62. The molecule has 1 saturated heterocycles. The number of nitrogens with zero attached hydrogens (tertiary/aromatic N) is 1. The molecule has 120 valence electrons. The molecule has 0 spiro atoms. The zero-order valence-electron chi connectivity index (χ0n) is 13.4. The molecule has 4 nitrogen and oxygen atoms in total. The summed E-state index contributed by atoms with van der Waals surface area (Å²) in [4.78, 5) is 26.1. The van der Waals surface area contributed by atoms with E-state index in [4.69, 9.17) is 0 Å². The summed E-state index contributed by atoms with van der Waals surface area (Å²) < 4.78 is 13.7. The summed E-state index contributed by atoms with van der Waals surface area (Å²) in [6.45, 7) is 6.80. The van der Waals surface area contributed by atoms with Gasteiger partial charge in [0.2, 0.25) is 5.91 Å². The van der Waals surface area contributed by atoms with E-state index in [-0.39, 0.29) is 28.8 Å². The zero-order valence-corrected chi connectivity index (χ0v) is 13.4. The van der Waals surface area contributed by atoms with Crippen LogP contribution in [0.4, 0.5) is 4.39 Å². The molecule has 0 aromatic heterocycles. The average molecular weight is 306 g/mol. The molecule has 1 N–H and O–H groups in total. The Kier molecular flexibility index (Phi) is 4.84. The molecule has 2 rings (SSSR count). The lowest BCUT2D eigenvalue weighted by Crippen LogP contribution is -2.48. The molecule has 0 saturated carbocycles. The van der Waals surface area contributed by atoms with Gasteiger partial charge in [0.25, 0.3) is 5.91 Å². The molecule has 22 heavy (non-hydrogen) atoms. The molecule has 0 bridgehead atoms. The first-order valence-electron chi connectivity index (χ1n) is 7.64. The third-order valence-corrected chi connectivity index (χ3v) is 3.76. The highest BCUT2D eigenvalue weighted by Gasteiger charge is 2.30. The summed E-state index contributed by atoms with van der Waals surface area (Å²) in [5, 5.41) is 2.97. The Morgan fingerprint density at radius 2 is 1.77 bits per heavy atom. The number of piperidine rings is 1. The number of benzene rings is 1. The van der Waals surface area contributed by atoms with Crippen LogP contribution < -0.4 is 5.32 Å². The van der Waals surface area contributed by atoms with Crippen LogP contribution in [0.1, 0.15) is 44.0 Å².